The Kier molecular flexibility index (Phi) is 3.46. The van der Waals surface area contributed by atoms with Gasteiger partial charge in [-0.2, -0.15) is 4.37 Å². The minimum Gasteiger partial charge on any atom is -0.383 e. The second-order valence-corrected chi connectivity index (χ2v) is 5.07. The highest BCUT2D eigenvalue weighted by atomic mass is 32.1. The molecule has 4 heteroatoms. The number of nitrogens with zero attached hydrogens (tertiary/aromatic N) is 2. The molecule has 1 aliphatic rings. The molecule has 0 saturated carbocycles. The second kappa shape index (κ2) is 4.84. The third-order valence-electron chi connectivity index (χ3n) is 3.25. The molecule has 0 radical (unpaired) electrons. The Balaban J connectivity index is 1.99. The molecule has 3 nitrogen and oxygen atoms in total. The summed E-state index contributed by atoms with van der Waals surface area (Å²) in [5.41, 5.74) is 5.65. The lowest BCUT2D eigenvalue weighted by molar-refractivity contribution is 0.459. The lowest BCUT2D eigenvalue weighted by Gasteiger charge is -2.19. The van der Waals surface area contributed by atoms with Gasteiger partial charge in [0.05, 0.1) is 0 Å². The number of nitrogen functional groups attached to an aromatic ring is 1. The van der Waals surface area contributed by atoms with Crippen LogP contribution in [0.2, 0.25) is 0 Å². The van der Waals surface area contributed by atoms with Crippen molar-refractivity contribution in [3.63, 3.8) is 0 Å². The highest BCUT2D eigenvalue weighted by Gasteiger charge is 2.17. The van der Waals surface area contributed by atoms with Crippen molar-refractivity contribution in [2.24, 2.45) is 5.92 Å². The summed E-state index contributed by atoms with van der Waals surface area (Å²) in [6, 6.07) is 2.00. The zero-order valence-corrected chi connectivity index (χ0v) is 10.1. The Morgan fingerprint density at radius 1 is 1.53 bits per heavy atom. The molecule has 1 aliphatic heterocycles. The zero-order valence-electron chi connectivity index (χ0n) is 9.28. The Morgan fingerprint density at radius 2 is 2.40 bits per heavy atom. The van der Waals surface area contributed by atoms with Crippen LogP contribution in [0.25, 0.3) is 0 Å². The van der Waals surface area contributed by atoms with Crippen LogP contribution in [0, 0.1) is 5.92 Å². The van der Waals surface area contributed by atoms with Gasteiger partial charge in [0.25, 0.3) is 0 Å². The third kappa shape index (κ3) is 2.62. The van der Waals surface area contributed by atoms with Crippen molar-refractivity contribution in [1.82, 2.24) is 4.37 Å². The molecule has 0 spiro atoms. The Labute approximate surface area is 95.4 Å². The molecule has 84 valence electrons. The number of nitrogens with two attached hydrogens (primary N) is 1. The summed E-state index contributed by atoms with van der Waals surface area (Å²) in [5.74, 6) is 1.58. The number of aromatic nitrogens is 1. The molecule has 15 heavy (non-hydrogen) atoms. The van der Waals surface area contributed by atoms with E-state index >= 15 is 0 Å². The average Bonchev–Trinajstić information content (AvgIpc) is 2.54. The van der Waals surface area contributed by atoms with Crippen molar-refractivity contribution in [3.05, 3.63) is 6.07 Å². The van der Waals surface area contributed by atoms with Crippen LogP contribution >= 0.6 is 11.5 Å². The summed E-state index contributed by atoms with van der Waals surface area (Å²) >= 11 is 1.53. The molecule has 0 bridgehead atoms. The molecule has 1 aromatic heterocycles. The van der Waals surface area contributed by atoms with Gasteiger partial charge in [0.1, 0.15) is 10.8 Å². The summed E-state index contributed by atoms with van der Waals surface area (Å²) < 4.78 is 4.14. The number of rotatable bonds is 2. The fraction of sp³-hybridized carbons (Fsp3) is 0.727. The lowest BCUT2D eigenvalue weighted by Crippen LogP contribution is -2.23. The molecule has 1 atom stereocenters. The largest absolute Gasteiger partial charge is 0.383 e. The van der Waals surface area contributed by atoms with E-state index in [9.17, 15) is 0 Å². The van der Waals surface area contributed by atoms with Crippen LogP contribution in [0.3, 0.4) is 0 Å². The zero-order chi connectivity index (χ0) is 10.7. The van der Waals surface area contributed by atoms with Crippen LogP contribution in [-0.4, -0.2) is 17.5 Å². The predicted octanol–water partition coefficient (Wildman–Crippen LogP) is 2.74. The van der Waals surface area contributed by atoms with E-state index in [1.54, 1.807) is 0 Å². The minimum atomic E-state index is 0.659. The van der Waals surface area contributed by atoms with Crippen LogP contribution < -0.4 is 10.6 Å². The van der Waals surface area contributed by atoms with E-state index in [1.807, 2.05) is 6.07 Å². The molecule has 2 heterocycles. The summed E-state index contributed by atoms with van der Waals surface area (Å²) in [6.07, 6.45) is 5.31. The SMILES string of the molecule is CCC1CCCN(c2cc(N)ns2)CC1. The maximum atomic E-state index is 5.65. The first-order chi connectivity index (χ1) is 7.29. The van der Waals surface area contributed by atoms with Gasteiger partial charge < -0.3 is 10.6 Å². The normalized spacial score (nSPS) is 22.7. The number of hydrogen-bond acceptors (Lipinski definition) is 4. The van der Waals surface area contributed by atoms with Gasteiger partial charge in [0.15, 0.2) is 0 Å². The van der Waals surface area contributed by atoms with Crippen LogP contribution in [0.1, 0.15) is 32.6 Å². The monoisotopic (exact) mass is 225 g/mol. The standard InChI is InChI=1S/C11H19N3S/c1-2-9-4-3-6-14(7-5-9)11-8-10(12)13-15-11/h8-9H,2-7H2,1H3,(H2,12,13). The number of hydrogen-bond donors (Lipinski definition) is 1. The van der Waals surface area contributed by atoms with Crippen LogP contribution in [-0.2, 0) is 0 Å². The maximum absolute atomic E-state index is 5.65. The molecular weight excluding hydrogens is 206 g/mol. The molecule has 2 rings (SSSR count). The Bertz CT molecular complexity index is 311. The van der Waals surface area contributed by atoms with Gasteiger partial charge in [-0.15, -0.1) is 0 Å². The highest BCUT2D eigenvalue weighted by molar-refractivity contribution is 7.10. The fourth-order valence-electron chi connectivity index (χ4n) is 2.22. The maximum Gasteiger partial charge on any atom is 0.139 e. The van der Waals surface area contributed by atoms with Crippen molar-refractivity contribution < 1.29 is 0 Å². The molecule has 1 unspecified atom stereocenters. The van der Waals surface area contributed by atoms with Gasteiger partial charge in [-0.05, 0) is 36.7 Å². The molecule has 1 aromatic rings. The third-order valence-corrected chi connectivity index (χ3v) is 4.12. The molecular formula is C11H19N3S. The van der Waals surface area contributed by atoms with E-state index in [0.717, 1.165) is 12.5 Å². The van der Waals surface area contributed by atoms with E-state index in [2.05, 4.69) is 16.2 Å². The highest BCUT2D eigenvalue weighted by Crippen LogP contribution is 2.28. The molecule has 1 fully saturated rings. The first-order valence-electron chi connectivity index (χ1n) is 5.76. The fourth-order valence-corrected chi connectivity index (χ4v) is 2.94. The summed E-state index contributed by atoms with van der Waals surface area (Å²) in [6.45, 7) is 4.63. The van der Waals surface area contributed by atoms with Crippen LogP contribution in [0.4, 0.5) is 10.8 Å². The van der Waals surface area contributed by atoms with Gasteiger partial charge in [0.2, 0.25) is 0 Å². The quantitative estimate of drug-likeness (QED) is 0.841. The molecule has 0 aliphatic carbocycles. The Morgan fingerprint density at radius 3 is 3.07 bits per heavy atom. The van der Waals surface area contributed by atoms with Gasteiger partial charge in [-0.25, -0.2) is 0 Å². The smallest absolute Gasteiger partial charge is 0.139 e. The van der Waals surface area contributed by atoms with Crippen molar-refractivity contribution in [1.29, 1.82) is 0 Å². The summed E-state index contributed by atoms with van der Waals surface area (Å²) in [4.78, 5) is 2.43. The van der Waals surface area contributed by atoms with Gasteiger partial charge in [-0.1, -0.05) is 13.3 Å². The lowest BCUT2D eigenvalue weighted by atomic mass is 9.98. The molecule has 2 N–H and O–H groups in total. The summed E-state index contributed by atoms with van der Waals surface area (Å²) in [7, 11) is 0. The van der Waals surface area contributed by atoms with Crippen molar-refractivity contribution in [2.75, 3.05) is 23.7 Å². The molecule has 0 amide bonds. The van der Waals surface area contributed by atoms with Gasteiger partial charge in [0, 0.05) is 19.2 Å². The molecule has 1 saturated heterocycles. The Hall–Kier alpha value is -0.770. The predicted molar refractivity (Wildman–Crippen MR) is 66.4 cm³/mol. The minimum absolute atomic E-state index is 0.659. The average molecular weight is 225 g/mol. The number of anilines is 2. The first kappa shape index (κ1) is 10.7. The van der Waals surface area contributed by atoms with Crippen LogP contribution in [0.5, 0.6) is 0 Å². The van der Waals surface area contributed by atoms with E-state index in [4.69, 9.17) is 5.73 Å². The second-order valence-electron chi connectivity index (χ2n) is 4.28. The molecule has 0 aromatic carbocycles. The first-order valence-corrected chi connectivity index (χ1v) is 6.54. The van der Waals surface area contributed by atoms with Gasteiger partial charge in [-0.3, -0.25) is 0 Å². The van der Waals surface area contributed by atoms with Crippen molar-refractivity contribution in [2.45, 2.75) is 32.6 Å². The van der Waals surface area contributed by atoms with Crippen molar-refractivity contribution >= 4 is 22.4 Å². The topological polar surface area (TPSA) is 42.1 Å². The van der Waals surface area contributed by atoms with E-state index < -0.39 is 0 Å². The summed E-state index contributed by atoms with van der Waals surface area (Å²) in [5, 5.41) is 1.24. The van der Waals surface area contributed by atoms with E-state index in [1.165, 1.54) is 48.8 Å². The van der Waals surface area contributed by atoms with Crippen LogP contribution in [0.15, 0.2) is 6.07 Å². The van der Waals surface area contributed by atoms with Gasteiger partial charge >= 0.3 is 0 Å². The van der Waals surface area contributed by atoms with Crippen molar-refractivity contribution in [3.8, 4) is 0 Å². The van der Waals surface area contributed by atoms with E-state index in [0.29, 0.717) is 5.82 Å². The van der Waals surface area contributed by atoms with E-state index in [-0.39, 0.29) is 0 Å².